The average molecular weight is 650 g/mol. The maximum absolute atomic E-state index is 6.90. The van der Waals surface area contributed by atoms with E-state index in [0.717, 1.165) is 33.4 Å². The van der Waals surface area contributed by atoms with E-state index >= 15 is 0 Å². The molecule has 0 aromatic heterocycles. The highest BCUT2D eigenvalue weighted by Crippen LogP contribution is 2.66. The second kappa shape index (κ2) is 11.1. The Bertz CT molecular complexity index is 1820. The molecule has 0 bridgehead atoms. The number of hydrogen-bond donors (Lipinski definition) is 0. The summed E-state index contributed by atoms with van der Waals surface area (Å²) in [5.74, 6) is 0. The van der Waals surface area contributed by atoms with Crippen molar-refractivity contribution in [3.63, 3.8) is 0 Å². The predicted molar refractivity (Wildman–Crippen MR) is 187 cm³/mol. The molecule has 0 nitrogen and oxygen atoms in total. The zero-order chi connectivity index (χ0) is 30.6. The van der Waals surface area contributed by atoms with E-state index in [-0.39, 0.29) is 0 Å². The van der Waals surface area contributed by atoms with E-state index in [0.29, 0.717) is 20.1 Å². The molecule has 1 aliphatic carbocycles. The average Bonchev–Trinajstić information content (AvgIpc) is 3.00. The van der Waals surface area contributed by atoms with E-state index < -0.39 is 10.8 Å². The van der Waals surface area contributed by atoms with Crippen LogP contribution >= 0.6 is 46.4 Å². The van der Waals surface area contributed by atoms with Crippen LogP contribution in [0.4, 0.5) is 0 Å². The first kappa shape index (κ1) is 29.2. The van der Waals surface area contributed by atoms with Gasteiger partial charge in [-0.15, -0.1) is 0 Å². The van der Waals surface area contributed by atoms with Gasteiger partial charge in [0.05, 0.1) is 10.8 Å². The molecule has 0 unspecified atom stereocenters. The summed E-state index contributed by atoms with van der Waals surface area (Å²) in [6, 6.07) is 46.2. The van der Waals surface area contributed by atoms with Crippen LogP contribution in [0.5, 0.6) is 0 Å². The van der Waals surface area contributed by atoms with Gasteiger partial charge in [-0.25, -0.2) is 0 Å². The Balaban J connectivity index is 1.88. The molecule has 0 amide bonds. The standard InChI is InChI=1S/C40H28Cl4/c1-25-9-3-19-35-37(25)38-26(2)10-4-20-36(38)40(29-13-7-17-33(43)23-29,30-14-8-18-34(44)24-30)39(35,27-11-5-15-31(41)21-27)28-12-6-16-32(42)22-28/h3-24H,1-2H3. The molecule has 216 valence electrons. The van der Waals surface area contributed by atoms with Crippen molar-refractivity contribution < 1.29 is 0 Å². The van der Waals surface area contributed by atoms with Gasteiger partial charge in [-0.1, -0.05) is 131 Å². The third kappa shape index (κ3) is 4.20. The molecule has 0 saturated carbocycles. The number of aryl methyl sites for hydroxylation is 2. The predicted octanol–water partition coefficient (Wildman–Crippen LogP) is 12.3. The van der Waals surface area contributed by atoms with Crippen molar-refractivity contribution in [1.29, 1.82) is 0 Å². The minimum atomic E-state index is -0.875. The lowest BCUT2D eigenvalue weighted by Gasteiger charge is -2.57. The number of halogens is 4. The summed E-state index contributed by atoms with van der Waals surface area (Å²) in [6.45, 7) is 4.39. The van der Waals surface area contributed by atoms with E-state index in [4.69, 9.17) is 46.4 Å². The Morgan fingerprint density at radius 2 is 0.636 bits per heavy atom. The zero-order valence-corrected chi connectivity index (χ0v) is 27.2. The Kier molecular flexibility index (Phi) is 7.39. The van der Waals surface area contributed by atoms with Crippen molar-refractivity contribution in [2.45, 2.75) is 24.7 Å². The second-order valence-corrected chi connectivity index (χ2v) is 13.3. The molecule has 6 aromatic carbocycles. The first-order valence-corrected chi connectivity index (χ1v) is 16.0. The summed E-state index contributed by atoms with van der Waals surface area (Å²) < 4.78 is 0. The summed E-state index contributed by atoms with van der Waals surface area (Å²) in [6.07, 6.45) is 0. The molecule has 0 spiro atoms. The topological polar surface area (TPSA) is 0 Å². The zero-order valence-electron chi connectivity index (χ0n) is 24.2. The van der Waals surface area contributed by atoms with Gasteiger partial charge in [0, 0.05) is 20.1 Å². The number of benzene rings is 6. The number of rotatable bonds is 4. The van der Waals surface area contributed by atoms with Gasteiger partial charge in [-0.05, 0) is 118 Å². The van der Waals surface area contributed by atoms with Gasteiger partial charge in [0.2, 0.25) is 0 Å². The lowest BCUT2D eigenvalue weighted by molar-refractivity contribution is 0.414. The molecule has 0 radical (unpaired) electrons. The van der Waals surface area contributed by atoms with E-state index in [1.165, 1.54) is 22.3 Å². The van der Waals surface area contributed by atoms with Crippen LogP contribution in [0, 0.1) is 13.8 Å². The van der Waals surface area contributed by atoms with E-state index in [1.54, 1.807) is 0 Å². The number of hydrogen-bond acceptors (Lipinski definition) is 0. The van der Waals surface area contributed by atoms with Crippen molar-refractivity contribution >= 4 is 46.4 Å². The summed E-state index contributed by atoms with van der Waals surface area (Å²) in [7, 11) is 0. The van der Waals surface area contributed by atoms with Gasteiger partial charge < -0.3 is 0 Å². The lowest BCUT2D eigenvalue weighted by atomic mass is 9.43. The van der Waals surface area contributed by atoms with Gasteiger partial charge >= 0.3 is 0 Å². The molecule has 44 heavy (non-hydrogen) atoms. The first-order valence-electron chi connectivity index (χ1n) is 14.5. The van der Waals surface area contributed by atoms with Gasteiger partial charge in [0.1, 0.15) is 0 Å². The highest BCUT2D eigenvalue weighted by Gasteiger charge is 2.61. The normalized spacial score (nSPS) is 14.5. The van der Waals surface area contributed by atoms with Crippen molar-refractivity contribution in [3.8, 4) is 11.1 Å². The largest absolute Gasteiger partial charge is 0.0843 e. The van der Waals surface area contributed by atoms with Crippen LogP contribution in [0.1, 0.15) is 44.5 Å². The smallest absolute Gasteiger partial charge is 0.0636 e. The van der Waals surface area contributed by atoms with E-state index in [9.17, 15) is 0 Å². The van der Waals surface area contributed by atoms with Crippen LogP contribution in [-0.4, -0.2) is 0 Å². The fraction of sp³-hybridized carbons (Fsp3) is 0.100. The SMILES string of the molecule is Cc1cccc2c1-c1c(C)cccc1C(c1cccc(Cl)c1)(c1cccc(Cl)c1)C2(c1cccc(Cl)c1)c1cccc(Cl)c1. The molecule has 0 atom stereocenters. The maximum atomic E-state index is 6.90. The molecular formula is C40H28Cl4. The third-order valence-corrected chi connectivity index (χ3v) is 10.1. The molecule has 6 aromatic rings. The Hall–Kier alpha value is -3.52. The van der Waals surface area contributed by atoms with Crippen molar-refractivity contribution in [2.24, 2.45) is 0 Å². The van der Waals surface area contributed by atoms with Crippen molar-refractivity contribution in [1.82, 2.24) is 0 Å². The molecule has 7 rings (SSSR count). The minimum Gasteiger partial charge on any atom is -0.0843 e. The Morgan fingerprint density at radius 3 is 0.909 bits per heavy atom. The van der Waals surface area contributed by atoms with E-state index in [2.05, 4.69) is 98.8 Å². The van der Waals surface area contributed by atoms with Crippen LogP contribution in [0.25, 0.3) is 11.1 Å². The molecule has 0 aliphatic heterocycles. The monoisotopic (exact) mass is 648 g/mol. The molecule has 4 heteroatoms. The van der Waals surface area contributed by atoms with Crippen LogP contribution < -0.4 is 0 Å². The number of fused-ring (bicyclic) bond motifs is 3. The maximum Gasteiger partial charge on any atom is 0.0636 e. The van der Waals surface area contributed by atoms with Crippen molar-refractivity contribution in [3.05, 3.63) is 198 Å². The van der Waals surface area contributed by atoms with Crippen LogP contribution in [0.15, 0.2) is 133 Å². The third-order valence-electron chi connectivity index (χ3n) is 9.20. The Morgan fingerprint density at radius 1 is 0.364 bits per heavy atom. The molecule has 0 heterocycles. The second-order valence-electron chi connectivity index (χ2n) is 11.5. The highest BCUT2D eigenvalue weighted by molar-refractivity contribution is 6.31. The van der Waals surface area contributed by atoms with Gasteiger partial charge in [0.25, 0.3) is 0 Å². The van der Waals surface area contributed by atoms with Gasteiger partial charge in [-0.2, -0.15) is 0 Å². The molecule has 1 aliphatic rings. The van der Waals surface area contributed by atoms with E-state index in [1.807, 2.05) is 48.5 Å². The molecule has 0 saturated heterocycles. The quantitative estimate of drug-likeness (QED) is 0.178. The summed E-state index contributed by atoms with van der Waals surface area (Å²) in [5, 5.41) is 2.61. The highest BCUT2D eigenvalue weighted by atomic mass is 35.5. The summed E-state index contributed by atoms with van der Waals surface area (Å²) in [4.78, 5) is 0. The van der Waals surface area contributed by atoms with Crippen LogP contribution in [0.3, 0.4) is 0 Å². The Labute approximate surface area is 278 Å². The minimum absolute atomic E-state index is 0.652. The van der Waals surface area contributed by atoms with Gasteiger partial charge in [0.15, 0.2) is 0 Å². The van der Waals surface area contributed by atoms with Crippen LogP contribution in [0.2, 0.25) is 20.1 Å². The molecular weight excluding hydrogens is 622 g/mol. The fourth-order valence-electron chi connectivity index (χ4n) is 7.74. The first-order chi connectivity index (χ1) is 21.3. The fourth-order valence-corrected chi connectivity index (χ4v) is 8.50. The lowest BCUT2D eigenvalue weighted by Crippen LogP contribution is -2.55. The summed E-state index contributed by atoms with van der Waals surface area (Å²) in [5.41, 5.74) is 9.50. The summed E-state index contributed by atoms with van der Waals surface area (Å²) >= 11 is 27.6. The van der Waals surface area contributed by atoms with Crippen molar-refractivity contribution in [2.75, 3.05) is 0 Å². The van der Waals surface area contributed by atoms with Gasteiger partial charge in [-0.3, -0.25) is 0 Å². The molecule has 0 fully saturated rings. The van der Waals surface area contributed by atoms with Crippen LogP contribution in [-0.2, 0) is 10.8 Å². The molecule has 0 N–H and O–H groups in total.